The zero-order valence-corrected chi connectivity index (χ0v) is 10.4. The van der Waals surface area contributed by atoms with Crippen molar-refractivity contribution in [3.05, 3.63) is 0 Å². The molecule has 92 valence electrons. The van der Waals surface area contributed by atoms with E-state index in [0.29, 0.717) is 13.1 Å². The van der Waals surface area contributed by atoms with Crippen LogP contribution >= 0.6 is 0 Å². The summed E-state index contributed by atoms with van der Waals surface area (Å²) in [7, 11) is 7.49. The second-order valence-corrected chi connectivity index (χ2v) is 4.49. The van der Waals surface area contributed by atoms with Gasteiger partial charge in [-0.2, -0.15) is 0 Å². The van der Waals surface area contributed by atoms with E-state index < -0.39 is 0 Å². The van der Waals surface area contributed by atoms with Gasteiger partial charge in [0.1, 0.15) is 0 Å². The van der Waals surface area contributed by atoms with Gasteiger partial charge in [0.05, 0.1) is 26.4 Å². The van der Waals surface area contributed by atoms with Gasteiger partial charge in [-0.25, -0.2) is 0 Å². The normalized spacial score (nSPS) is 22.8. The largest absolute Gasteiger partial charge is 0.332 e. The van der Waals surface area contributed by atoms with Crippen LogP contribution in [0.1, 0.15) is 0 Å². The number of hydrogen-bond acceptors (Lipinski definition) is 4. The third-order valence-electron chi connectivity index (χ3n) is 2.57. The van der Waals surface area contributed by atoms with Crippen LogP contribution in [-0.4, -0.2) is 86.0 Å². The molecule has 2 amide bonds. The lowest BCUT2D eigenvalue weighted by atomic mass is 10.6. The minimum absolute atomic E-state index is 0.215. The van der Waals surface area contributed by atoms with Crippen molar-refractivity contribution in [1.82, 2.24) is 19.6 Å². The van der Waals surface area contributed by atoms with E-state index in [0.717, 1.165) is 13.3 Å². The molecule has 6 heteroatoms. The molecule has 0 atom stereocenters. The van der Waals surface area contributed by atoms with Crippen LogP contribution in [0, 0.1) is 0 Å². The third-order valence-corrected chi connectivity index (χ3v) is 2.57. The fraction of sp³-hybridized carbons (Fsp3) is 0.800. The zero-order valence-electron chi connectivity index (χ0n) is 10.4. The SMILES string of the molecule is CN1CC(=O)N(C)C1.CN1CC(=O)N(C)C1. The Balaban J connectivity index is 0.000000160. The van der Waals surface area contributed by atoms with Gasteiger partial charge in [-0.05, 0) is 14.1 Å². The molecular formula is C10H20N4O2. The average Bonchev–Trinajstić information content (AvgIpc) is 2.58. The molecule has 2 rings (SSSR count). The number of likely N-dealkylation sites (N-methyl/N-ethyl adjacent to an activating group) is 4. The Morgan fingerprint density at radius 2 is 1.06 bits per heavy atom. The number of rotatable bonds is 0. The Kier molecular flexibility index (Phi) is 4.26. The quantitative estimate of drug-likeness (QED) is 0.517. The third kappa shape index (κ3) is 3.46. The maximum atomic E-state index is 10.7. The van der Waals surface area contributed by atoms with Crippen molar-refractivity contribution in [1.29, 1.82) is 0 Å². The van der Waals surface area contributed by atoms with Gasteiger partial charge < -0.3 is 9.80 Å². The number of hydrogen-bond donors (Lipinski definition) is 0. The highest BCUT2D eigenvalue weighted by atomic mass is 16.2. The minimum Gasteiger partial charge on any atom is -0.332 e. The summed E-state index contributed by atoms with van der Waals surface area (Å²) >= 11 is 0. The van der Waals surface area contributed by atoms with Crippen molar-refractivity contribution in [2.45, 2.75) is 0 Å². The molecule has 0 unspecified atom stereocenters. The molecule has 0 radical (unpaired) electrons. The smallest absolute Gasteiger partial charge is 0.237 e. The van der Waals surface area contributed by atoms with Gasteiger partial charge in [0.25, 0.3) is 0 Å². The maximum Gasteiger partial charge on any atom is 0.237 e. The maximum absolute atomic E-state index is 10.7. The molecule has 2 aliphatic heterocycles. The average molecular weight is 228 g/mol. The molecule has 2 aliphatic rings. The molecule has 0 aromatic carbocycles. The van der Waals surface area contributed by atoms with Crippen LogP contribution in [0.4, 0.5) is 0 Å². The highest BCUT2D eigenvalue weighted by Gasteiger charge is 2.20. The number of carbonyl (C=O) groups excluding carboxylic acids is 2. The van der Waals surface area contributed by atoms with Gasteiger partial charge in [0, 0.05) is 14.1 Å². The molecule has 0 bridgehead atoms. The van der Waals surface area contributed by atoms with E-state index in [1.165, 1.54) is 0 Å². The first kappa shape index (κ1) is 12.9. The summed E-state index contributed by atoms with van der Waals surface area (Å²) in [6.45, 7) is 2.71. The van der Waals surface area contributed by atoms with Crippen LogP contribution in [-0.2, 0) is 9.59 Å². The van der Waals surface area contributed by atoms with Gasteiger partial charge >= 0.3 is 0 Å². The summed E-state index contributed by atoms with van der Waals surface area (Å²) in [5.74, 6) is 0.431. The second kappa shape index (κ2) is 5.27. The molecule has 0 saturated carbocycles. The molecule has 2 saturated heterocycles. The van der Waals surface area contributed by atoms with E-state index >= 15 is 0 Å². The Morgan fingerprint density at radius 1 is 0.750 bits per heavy atom. The summed E-state index contributed by atoms with van der Waals surface area (Å²) in [5, 5.41) is 0. The number of carbonyl (C=O) groups is 2. The molecular weight excluding hydrogens is 208 g/mol. The van der Waals surface area contributed by atoms with Crippen molar-refractivity contribution in [3.63, 3.8) is 0 Å². The summed E-state index contributed by atoms with van der Waals surface area (Å²) < 4.78 is 0. The summed E-state index contributed by atoms with van der Waals surface area (Å²) in [6, 6.07) is 0. The monoisotopic (exact) mass is 228 g/mol. The summed E-state index contributed by atoms with van der Waals surface area (Å²) in [6.07, 6.45) is 0. The Labute approximate surface area is 96.4 Å². The number of amides is 2. The van der Waals surface area contributed by atoms with E-state index in [-0.39, 0.29) is 11.8 Å². The molecule has 0 spiro atoms. The van der Waals surface area contributed by atoms with E-state index in [4.69, 9.17) is 0 Å². The van der Waals surface area contributed by atoms with E-state index in [9.17, 15) is 9.59 Å². The van der Waals surface area contributed by atoms with E-state index in [2.05, 4.69) is 0 Å². The van der Waals surface area contributed by atoms with Gasteiger partial charge in [0.15, 0.2) is 0 Å². The van der Waals surface area contributed by atoms with Crippen LogP contribution < -0.4 is 0 Å². The lowest BCUT2D eigenvalue weighted by Crippen LogP contribution is -2.20. The first-order valence-corrected chi connectivity index (χ1v) is 5.25. The molecule has 0 aromatic heterocycles. The first-order chi connectivity index (χ1) is 7.40. The highest BCUT2D eigenvalue weighted by Crippen LogP contribution is 1.98. The molecule has 0 aliphatic carbocycles. The first-order valence-electron chi connectivity index (χ1n) is 5.25. The topological polar surface area (TPSA) is 47.1 Å². The van der Waals surface area contributed by atoms with Crippen molar-refractivity contribution in [3.8, 4) is 0 Å². The molecule has 16 heavy (non-hydrogen) atoms. The van der Waals surface area contributed by atoms with Crippen molar-refractivity contribution in [2.75, 3.05) is 54.6 Å². The number of nitrogens with zero attached hydrogens (tertiary/aromatic N) is 4. The predicted molar refractivity (Wildman–Crippen MR) is 60.5 cm³/mol. The summed E-state index contributed by atoms with van der Waals surface area (Å²) in [5.41, 5.74) is 0. The van der Waals surface area contributed by atoms with Crippen molar-refractivity contribution < 1.29 is 9.59 Å². The highest BCUT2D eigenvalue weighted by molar-refractivity contribution is 5.79. The summed E-state index contributed by atoms with van der Waals surface area (Å²) in [4.78, 5) is 28.7. The molecule has 2 heterocycles. The van der Waals surface area contributed by atoms with Gasteiger partial charge in [0.2, 0.25) is 11.8 Å². The lowest BCUT2D eigenvalue weighted by Gasteiger charge is -2.06. The molecule has 2 fully saturated rings. The van der Waals surface area contributed by atoms with Crippen LogP contribution in [0.2, 0.25) is 0 Å². The molecule has 0 aromatic rings. The lowest BCUT2D eigenvalue weighted by molar-refractivity contribution is -0.126. The standard InChI is InChI=1S/2C5H10N2O/c2*1-6-3-5(8)7(2)4-6/h2*3-4H2,1-2H3. The minimum atomic E-state index is 0.215. The predicted octanol–water partition coefficient (Wildman–Crippen LogP) is -1.30. The van der Waals surface area contributed by atoms with Gasteiger partial charge in [-0.1, -0.05) is 0 Å². The fourth-order valence-electron chi connectivity index (χ4n) is 1.69. The van der Waals surface area contributed by atoms with Crippen LogP contribution in [0.15, 0.2) is 0 Å². The van der Waals surface area contributed by atoms with Crippen LogP contribution in [0.5, 0.6) is 0 Å². The second-order valence-electron chi connectivity index (χ2n) is 4.49. The van der Waals surface area contributed by atoms with Gasteiger partial charge in [-0.3, -0.25) is 19.4 Å². The van der Waals surface area contributed by atoms with Crippen molar-refractivity contribution in [2.24, 2.45) is 0 Å². The Bertz CT molecular complexity index is 254. The van der Waals surface area contributed by atoms with Crippen LogP contribution in [0.25, 0.3) is 0 Å². The Morgan fingerprint density at radius 3 is 1.12 bits per heavy atom. The Hall–Kier alpha value is -1.14. The van der Waals surface area contributed by atoms with Gasteiger partial charge in [-0.15, -0.1) is 0 Å². The van der Waals surface area contributed by atoms with Crippen LogP contribution in [0.3, 0.4) is 0 Å². The molecule has 6 nitrogen and oxygen atoms in total. The van der Waals surface area contributed by atoms with E-state index in [1.54, 1.807) is 9.80 Å². The molecule has 0 N–H and O–H groups in total. The van der Waals surface area contributed by atoms with E-state index in [1.807, 2.05) is 38.0 Å². The fourth-order valence-corrected chi connectivity index (χ4v) is 1.69. The zero-order chi connectivity index (χ0) is 12.3. The van der Waals surface area contributed by atoms with Crippen molar-refractivity contribution >= 4 is 11.8 Å².